The highest BCUT2D eigenvalue weighted by Gasteiger charge is 2.32. The van der Waals surface area contributed by atoms with Crippen LogP contribution in [0.5, 0.6) is 0 Å². The van der Waals surface area contributed by atoms with Gasteiger partial charge in [0.1, 0.15) is 11.6 Å². The van der Waals surface area contributed by atoms with Gasteiger partial charge in [-0.25, -0.2) is 0 Å². The van der Waals surface area contributed by atoms with E-state index in [0.29, 0.717) is 19.4 Å². The second-order valence-corrected chi connectivity index (χ2v) is 6.74. The van der Waals surface area contributed by atoms with Crippen molar-refractivity contribution in [1.82, 2.24) is 10.2 Å². The number of carbonyl (C=O) groups excluding carboxylic acids is 2. The van der Waals surface area contributed by atoms with Crippen molar-refractivity contribution in [3.8, 4) is 0 Å². The molecule has 0 spiro atoms. The molecule has 2 heterocycles. The summed E-state index contributed by atoms with van der Waals surface area (Å²) in [5, 5.41) is 17.0. The van der Waals surface area contributed by atoms with Crippen molar-refractivity contribution in [2.45, 2.75) is 51.2 Å². The van der Waals surface area contributed by atoms with Crippen LogP contribution >= 0.6 is 11.3 Å². The number of carbonyl (C=O) groups is 2. The number of thiophene rings is 1. The fraction of sp³-hybridized carbons (Fsp3) is 0.625. The van der Waals surface area contributed by atoms with Crippen molar-refractivity contribution in [1.29, 1.82) is 0 Å². The van der Waals surface area contributed by atoms with E-state index in [1.807, 2.05) is 23.8 Å². The van der Waals surface area contributed by atoms with Crippen LogP contribution < -0.4 is 5.32 Å². The van der Waals surface area contributed by atoms with Crippen molar-refractivity contribution in [2.75, 3.05) is 13.1 Å². The van der Waals surface area contributed by atoms with Crippen molar-refractivity contribution in [3.63, 3.8) is 0 Å². The molecule has 1 saturated heterocycles. The van der Waals surface area contributed by atoms with E-state index in [1.54, 1.807) is 11.8 Å². The third-order valence-electron chi connectivity index (χ3n) is 4.18. The Morgan fingerprint density at radius 1 is 1.50 bits per heavy atom. The predicted molar refractivity (Wildman–Crippen MR) is 86.5 cm³/mol. The van der Waals surface area contributed by atoms with E-state index in [4.69, 9.17) is 0 Å². The van der Waals surface area contributed by atoms with Gasteiger partial charge in [0.2, 0.25) is 11.8 Å². The van der Waals surface area contributed by atoms with Crippen LogP contribution in [0.4, 0.5) is 0 Å². The largest absolute Gasteiger partial charge is 0.384 e. The normalized spacial score (nSPS) is 21.2. The lowest BCUT2D eigenvalue weighted by Gasteiger charge is -2.35. The number of nitrogens with one attached hydrogen (secondary N) is 1. The molecule has 1 aromatic rings. The molecule has 0 radical (unpaired) electrons. The van der Waals surface area contributed by atoms with Gasteiger partial charge >= 0.3 is 0 Å². The van der Waals surface area contributed by atoms with E-state index < -0.39 is 11.6 Å². The molecule has 22 heavy (non-hydrogen) atoms. The Morgan fingerprint density at radius 3 is 2.91 bits per heavy atom. The molecule has 2 atom stereocenters. The molecule has 122 valence electrons. The predicted octanol–water partition coefficient (Wildman–Crippen LogP) is 1.86. The number of likely N-dealkylation sites (tertiary alicyclic amines) is 1. The van der Waals surface area contributed by atoms with Gasteiger partial charge in [-0.15, -0.1) is 0 Å². The molecule has 1 aliphatic rings. The molecule has 2 unspecified atom stereocenters. The van der Waals surface area contributed by atoms with E-state index in [2.05, 4.69) is 5.32 Å². The number of hydrogen-bond acceptors (Lipinski definition) is 4. The average Bonchev–Trinajstić information content (AvgIpc) is 3.07. The Balaban J connectivity index is 1.97. The highest BCUT2D eigenvalue weighted by atomic mass is 32.1. The standard InChI is InChI=1S/C16H24N2O3S/c1-3-14(19)18-8-5-4-6-13(18)15(20)17-11-16(2,21)12-7-9-22-10-12/h7,9-10,13,21H,3-6,8,11H2,1-2H3,(H,17,20). The van der Waals surface area contributed by atoms with Gasteiger partial charge in [-0.2, -0.15) is 11.3 Å². The zero-order valence-corrected chi connectivity index (χ0v) is 14.0. The molecule has 1 fully saturated rings. The highest BCUT2D eigenvalue weighted by Crippen LogP contribution is 2.23. The molecular formula is C16H24N2O3S. The van der Waals surface area contributed by atoms with Gasteiger partial charge in [-0.3, -0.25) is 9.59 Å². The number of hydrogen-bond donors (Lipinski definition) is 2. The van der Waals surface area contributed by atoms with Gasteiger partial charge in [0.15, 0.2) is 0 Å². The van der Waals surface area contributed by atoms with Crippen LogP contribution in [0.1, 0.15) is 45.1 Å². The SMILES string of the molecule is CCC(=O)N1CCCCC1C(=O)NCC(C)(O)c1ccsc1. The van der Waals surface area contributed by atoms with Gasteiger partial charge in [0, 0.05) is 13.0 Å². The summed E-state index contributed by atoms with van der Waals surface area (Å²) >= 11 is 1.51. The van der Waals surface area contributed by atoms with Crippen LogP contribution in [-0.4, -0.2) is 41.0 Å². The molecule has 0 saturated carbocycles. The average molecular weight is 324 g/mol. The molecule has 2 rings (SSSR count). The lowest BCUT2D eigenvalue weighted by molar-refractivity contribution is -0.142. The minimum atomic E-state index is -1.09. The smallest absolute Gasteiger partial charge is 0.242 e. The van der Waals surface area contributed by atoms with Crippen LogP contribution in [0.15, 0.2) is 16.8 Å². The summed E-state index contributed by atoms with van der Waals surface area (Å²) < 4.78 is 0. The first-order valence-corrected chi connectivity index (χ1v) is 8.72. The maximum atomic E-state index is 12.4. The Labute approximate surface area is 135 Å². The van der Waals surface area contributed by atoms with Crippen molar-refractivity contribution >= 4 is 23.2 Å². The van der Waals surface area contributed by atoms with E-state index >= 15 is 0 Å². The second kappa shape index (κ2) is 7.24. The Morgan fingerprint density at radius 2 is 2.27 bits per heavy atom. The Hall–Kier alpha value is -1.40. The topological polar surface area (TPSA) is 69.6 Å². The number of aliphatic hydroxyl groups is 1. The minimum Gasteiger partial charge on any atom is -0.384 e. The number of piperidine rings is 1. The first-order chi connectivity index (χ1) is 10.5. The van der Waals surface area contributed by atoms with Crippen molar-refractivity contribution < 1.29 is 14.7 Å². The number of nitrogens with zero attached hydrogens (tertiary/aromatic N) is 1. The zero-order valence-electron chi connectivity index (χ0n) is 13.2. The van der Waals surface area contributed by atoms with Crippen LogP contribution in [-0.2, 0) is 15.2 Å². The van der Waals surface area contributed by atoms with Crippen LogP contribution in [0.3, 0.4) is 0 Å². The Bertz CT molecular complexity index is 513. The Kier molecular flexibility index (Phi) is 5.58. The van der Waals surface area contributed by atoms with Crippen LogP contribution in [0.25, 0.3) is 0 Å². The molecule has 0 aromatic carbocycles. The van der Waals surface area contributed by atoms with Gasteiger partial charge in [-0.05, 0) is 48.6 Å². The molecule has 6 heteroatoms. The molecule has 2 amide bonds. The van der Waals surface area contributed by atoms with E-state index in [-0.39, 0.29) is 18.4 Å². The van der Waals surface area contributed by atoms with E-state index in [1.165, 1.54) is 11.3 Å². The second-order valence-electron chi connectivity index (χ2n) is 5.96. The number of amides is 2. The number of rotatable bonds is 5. The summed E-state index contributed by atoms with van der Waals surface area (Å²) in [6, 6.07) is 1.45. The summed E-state index contributed by atoms with van der Waals surface area (Å²) in [5.41, 5.74) is -0.299. The molecule has 1 aliphatic heterocycles. The maximum Gasteiger partial charge on any atom is 0.242 e. The highest BCUT2D eigenvalue weighted by molar-refractivity contribution is 7.08. The molecule has 0 aliphatic carbocycles. The first kappa shape index (κ1) is 17.0. The lowest BCUT2D eigenvalue weighted by atomic mass is 9.97. The molecule has 5 nitrogen and oxygen atoms in total. The van der Waals surface area contributed by atoms with Crippen molar-refractivity contribution in [3.05, 3.63) is 22.4 Å². The third kappa shape index (κ3) is 3.87. The van der Waals surface area contributed by atoms with Gasteiger partial charge in [0.05, 0.1) is 6.54 Å². The van der Waals surface area contributed by atoms with Gasteiger partial charge in [-0.1, -0.05) is 6.92 Å². The maximum absolute atomic E-state index is 12.4. The van der Waals surface area contributed by atoms with Gasteiger partial charge < -0.3 is 15.3 Å². The summed E-state index contributed by atoms with van der Waals surface area (Å²) in [4.78, 5) is 26.1. The lowest BCUT2D eigenvalue weighted by Crippen LogP contribution is -2.53. The summed E-state index contributed by atoms with van der Waals surface area (Å²) in [7, 11) is 0. The molecular weight excluding hydrogens is 300 g/mol. The monoisotopic (exact) mass is 324 g/mol. The molecule has 0 bridgehead atoms. The third-order valence-corrected chi connectivity index (χ3v) is 4.86. The fourth-order valence-corrected chi connectivity index (χ4v) is 3.54. The van der Waals surface area contributed by atoms with E-state index in [9.17, 15) is 14.7 Å². The molecule has 1 aromatic heterocycles. The molecule has 2 N–H and O–H groups in total. The minimum absolute atomic E-state index is 0.0180. The summed E-state index contributed by atoms with van der Waals surface area (Å²) in [5.74, 6) is -0.151. The summed E-state index contributed by atoms with van der Waals surface area (Å²) in [6.07, 6.45) is 3.00. The fourth-order valence-electron chi connectivity index (χ4n) is 2.76. The zero-order chi connectivity index (χ0) is 16.2. The quantitative estimate of drug-likeness (QED) is 0.868. The van der Waals surface area contributed by atoms with Crippen LogP contribution in [0.2, 0.25) is 0 Å². The van der Waals surface area contributed by atoms with Gasteiger partial charge in [0.25, 0.3) is 0 Å². The first-order valence-electron chi connectivity index (χ1n) is 7.78. The van der Waals surface area contributed by atoms with Crippen LogP contribution in [0, 0.1) is 0 Å². The summed E-state index contributed by atoms with van der Waals surface area (Å²) in [6.45, 7) is 4.29. The van der Waals surface area contributed by atoms with Crippen molar-refractivity contribution in [2.24, 2.45) is 0 Å². The van der Waals surface area contributed by atoms with E-state index in [0.717, 1.165) is 18.4 Å².